The Labute approximate surface area is 133 Å². The van der Waals surface area contributed by atoms with Gasteiger partial charge >= 0.3 is 11.8 Å². The van der Waals surface area contributed by atoms with Crippen molar-refractivity contribution < 1.29 is 14.5 Å². The summed E-state index contributed by atoms with van der Waals surface area (Å²) in [5.74, 6) is 5.29. The number of nitrogens with zero attached hydrogens (tertiary/aromatic N) is 2. The van der Waals surface area contributed by atoms with Crippen molar-refractivity contribution in [1.82, 2.24) is 10.3 Å². The lowest BCUT2D eigenvalue weighted by Crippen LogP contribution is -2.32. The number of pyridine rings is 1. The van der Waals surface area contributed by atoms with Crippen molar-refractivity contribution in [2.24, 2.45) is 0 Å². The predicted molar refractivity (Wildman–Crippen MR) is 81.6 cm³/mol. The summed E-state index contributed by atoms with van der Waals surface area (Å²) in [6.07, 6.45) is 1.06. The van der Waals surface area contributed by atoms with Gasteiger partial charge in [0.15, 0.2) is 5.69 Å². The molecule has 1 heterocycles. The molecule has 0 aliphatic heterocycles. The molecule has 7 nitrogen and oxygen atoms in total. The number of amides is 1. The Morgan fingerprint density at radius 2 is 2.23 bits per heavy atom. The first-order chi connectivity index (χ1) is 10.2. The summed E-state index contributed by atoms with van der Waals surface area (Å²) in [6, 6.07) is 1.19. The van der Waals surface area contributed by atoms with E-state index in [2.05, 4.69) is 22.1 Å². The van der Waals surface area contributed by atoms with Crippen LogP contribution in [0.2, 0.25) is 5.02 Å². The van der Waals surface area contributed by atoms with Gasteiger partial charge in [-0.3, -0.25) is 10.1 Å². The average Bonchev–Trinajstić information content (AvgIpc) is 2.37. The zero-order chi connectivity index (χ0) is 16.8. The Balaban J connectivity index is 2.55. The van der Waals surface area contributed by atoms with E-state index in [0.717, 1.165) is 0 Å². The Kier molecular flexibility index (Phi) is 6.13. The molecule has 0 spiro atoms. The molecule has 0 saturated heterocycles. The van der Waals surface area contributed by atoms with E-state index in [1.165, 1.54) is 12.3 Å². The number of ether oxygens (including phenoxy) is 1. The van der Waals surface area contributed by atoms with Crippen LogP contribution in [0, 0.1) is 22.0 Å². The van der Waals surface area contributed by atoms with Crippen molar-refractivity contribution >= 4 is 23.4 Å². The minimum atomic E-state index is -0.595. The molecule has 0 radical (unpaired) electrons. The molecule has 22 heavy (non-hydrogen) atoms. The number of aromatic nitrogens is 1. The summed E-state index contributed by atoms with van der Waals surface area (Å²) in [6.45, 7) is 5.55. The molecule has 8 heteroatoms. The molecule has 1 amide bonds. The van der Waals surface area contributed by atoms with E-state index >= 15 is 0 Å². The summed E-state index contributed by atoms with van der Waals surface area (Å²) in [7, 11) is 0. The molecule has 1 aromatic heterocycles. The number of alkyl carbamates (subject to hydrolysis) is 1. The van der Waals surface area contributed by atoms with Gasteiger partial charge in [-0.25, -0.2) is 9.78 Å². The lowest BCUT2D eigenvalue weighted by atomic mass is 10.2. The molecule has 0 unspecified atom stereocenters. The lowest BCUT2D eigenvalue weighted by molar-refractivity contribution is -0.385. The second-order valence-corrected chi connectivity index (χ2v) is 5.70. The maximum absolute atomic E-state index is 11.4. The highest BCUT2D eigenvalue weighted by Crippen LogP contribution is 2.19. The molecule has 0 bridgehead atoms. The summed E-state index contributed by atoms with van der Waals surface area (Å²) < 4.78 is 5.05. The smallest absolute Gasteiger partial charge is 0.407 e. The molecular weight excluding hydrogens is 310 g/mol. The largest absolute Gasteiger partial charge is 0.444 e. The molecular formula is C14H16ClN3O4. The van der Waals surface area contributed by atoms with Gasteiger partial charge in [-0.1, -0.05) is 17.5 Å². The van der Waals surface area contributed by atoms with Crippen LogP contribution in [0.5, 0.6) is 0 Å². The van der Waals surface area contributed by atoms with Crippen molar-refractivity contribution in [1.29, 1.82) is 0 Å². The first-order valence-corrected chi connectivity index (χ1v) is 6.82. The van der Waals surface area contributed by atoms with Gasteiger partial charge in [0.05, 0.1) is 9.95 Å². The third-order valence-corrected chi connectivity index (χ3v) is 2.36. The van der Waals surface area contributed by atoms with Crippen LogP contribution in [0.15, 0.2) is 12.3 Å². The normalized spacial score (nSPS) is 10.4. The van der Waals surface area contributed by atoms with Crippen LogP contribution in [0.25, 0.3) is 0 Å². The highest BCUT2D eigenvalue weighted by molar-refractivity contribution is 6.30. The highest BCUT2D eigenvalue weighted by Gasteiger charge is 2.15. The van der Waals surface area contributed by atoms with E-state index in [4.69, 9.17) is 16.3 Å². The fourth-order valence-electron chi connectivity index (χ4n) is 1.35. The number of carbonyl (C=O) groups is 1. The number of halogens is 1. The number of nitro groups is 1. The van der Waals surface area contributed by atoms with E-state index < -0.39 is 16.6 Å². The van der Waals surface area contributed by atoms with Gasteiger partial charge < -0.3 is 10.1 Å². The fraction of sp³-hybridized carbons (Fsp3) is 0.429. The van der Waals surface area contributed by atoms with Crippen molar-refractivity contribution in [2.45, 2.75) is 32.8 Å². The van der Waals surface area contributed by atoms with Gasteiger partial charge in [-0.05, 0) is 26.7 Å². The molecule has 0 aliphatic rings. The molecule has 1 N–H and O–H groups in total. The van der Waals surface area contributed by atoms with Crippen molar-refractivity contribution in [2.75, 3.05) is 6.54 Å². The second kappa shape index (κ2) is 7.61. The Hall–Kier alpha value is -2.33. The Bertz CT molecular complexity index is 629. The maximum Gasteiger partial charge on any atom is 0.407 e. The standard InChI is InChI=1S/C14H16ClN3O4/c1-14(2,3)22-13(19)16-7-5-4-6-11-12(18(20)21)8-10(15)9-17-11/h8-9H,5,7H2,1-3H3,(H,16,19). The van der Waals surface area contributed by atoms with Gasteiger partial charge in [0.25, 0.3) is 0 Å². The van der Waals surface area contributed by atoms with Crippen molar-refractivity contribution in [3.63, 3.8) is 0 Å². The maximum atomic E-state index is 11.4. The van der Waals surface area contributed by atoms with Gasteiger partial charge in [0.1, 0.15) is 5.60 Å². The Morgan fingerprint density at radius 3 is 2.82 bits per heavy atom. The van der Waals surface area contributed by atoms with Crippen LogP contribution in [-0.4, -0.2) is 28.1 Å². The summed E-state index contributed by atoms with van der Waals surface area (Å²) in [5, 5.41) is 13.6. The minimum absolute atomic E-state index is 0.0340. The summed E-state index contributed by atoms with van der Waals surface area (Å²) >= 11 is 5.66. The van der Waals surface area contributed by atoms with Crippen LogP contribution in [0.3, 0.4) is 0 Å². The Morgan fingerprint density at radius 1 is 1.55 bits per heavy atom. The molecule has 0 atom stereocenters. The van der Waals surface area contributed by atoms with E-state index in [0.29, 0.717) is 6.42 Å². The monoisotopic (exact) mass is 325 g/mol. The van der Waals surface area contributed by atoms with E-state index in [9.17, 15) is 14.9 Å². The van der Waals surface area contributed by atoms with Gasteiger partial charge in [-0.15, -0.1) is 0 Å². The predicted octanol–water partition coefficient (Wildman–Crippen LogP) is 2.91. The highest BCUT2D eigenvalue weighted by atomic mass is 35.5. The number of carbonyl (C=O) groups excluding carboxylic acids is 1. The lowest BCUT2D eigenvalue weighted by Gasteiger charge is -2.19. The first kappa shape index (κ1) is 17.7. The molecule has 0 aromatic carbocycles. The average molecular weight is 326 g/mol. The number of hydrogen-bond donors (Lipinski definition) is 1. The second-order valence-electron chi connectivity index (χ2n) is 5.26. The third kappa shape index (κ3) is 6.41. The number of rotatable bonds is 3. The minimum Gasteiger partial charge on any atom is -0.444 e. The number of hydrogen-bond acceptors (Lipinski definition) is 5. The van der Waals surface area contributed by atoms with E-state index in [1.54, 1.807) is 20.8 Å². The topological polar surface area (TPSA) is 94.4 Å². The van der Waals surface area contributed by atoms with Crippen LogP contribution in [-0.2, 0) is 4.74 Å². The molecule has 0 aliphatic carbocycles. The molecule has 118 valence electrons. The SMILES string of the molecule is CC(C)(C)OC(=O)NCCC#Cc1ncc(Cl)cc1[N+](=O)[O-]. The quantitative estimate of drug-likeness (QED) is 0.399. The third-order valence-electron chi connectivity index (χ3n) is 2.16. The molecule has 0 fully saturated rings. The summed E-state index contributed by atoms with van der Waals surface area (Å²) in [4.78, 5) is 25.5. The van der Waals surface area contributed by atoms with Gasteiger partial charge in [0.2, 0.25) is 0 Å². The van der Waals surface area contributed by atoms with Crippen LogP contribution >= 0.6 is 11.6 Å². The van der Waals surface area contributed by atoms with Crippen LogP contribution < -0.4 is 5.32 Å². The van der Waals surface area contributed by atoms with Gasteiger partial charge in [0, 0.05) is 25.2 Å². The van der Waals surface area contributed by atoms with Crippen molar-refractivity contribution in [3.8, 4) is 11.8 Å². The van der Waals surface area contributed by atoms with Gasteiger partial charge in [-0.2, -0.15) is 0 Å². The van der Waals surface area contributed by atoms with E-state index in [-0.39, 0.29) is 22.9 Å². The molecule has 0 saturated carbocycles. The zero-order valence-electron chi connectivity index (χ0n) is 12.5. The van der Waals surface area contributed by atoms with E-state index in [1.807, 2.05) is 0 Å². The van der Waals surface area contributed by atoms with Crippen molar-refractivity contribution in [3.05, 3.63) is 33.1 Å². The first-order valence-electron chi connectivity index (χ1n) is 6.45. The number of nitrogens with one attached hydrogen (secondary N) is 1. The summed E-state index contributed by atoms with van der Waals surface area (Å²) in [5.41, 5.74) is -0.782. The van der Waals surface area contributed by atoms with Crippen LogP contribution in [0.4, 0.5) is 10.5 Å². The van der Waals surface area contributed by atoms with Crippen LogP contribution in [0.1, 0.15) is 32.9 Å². The fourth-order valence-corrected chi connectivity index (χ4v) is 1.50. The zero-order valence-corrected chi connectivity index (χ0v) is 13.2. The molecule has 1 aromatic rings. The molecule has 1 rings (SSSR count).